The SMILES string of the molecule is COc1cc(C)cc(OC)c1[C@H](CF)N1CCNCC1.Cl.Cl. The molecule has 4 nitrogen and oxygen atoms in total. The zero-order valence-electron chi connectivity index (χ0n) is 13.2. The molecule has 1 aliphatic rings. The van der Waals surface area contributed by atoms with Crippen LogP contribution in [0.3, 0.4) is 0 Å². The number of rotatable bonds is 5. The molecule has 0 aromatic heterocycles. The van der Waals surface area contributed by atoms with E-state index in [1.54, 1.807) is 14.2 Å². The zero-order chi connectivity index (χ0) is 14.5. The molecule has 0 saturated carbocycles. The number of ether oxygens (including phenoxy) is 2. The van der Waals surface area contributed by atoms with Gasteiger partial charge >= 0.3 is 0 Å². The molecule has 1 N–H and O–H groups in total. The molecule has 0 amide bonds. The Morgan fingerprint density at radius 3 is 2.05 bits per heavy atom. The van der Waals surface area contributed by atoms with Gasteiger partial charge in [0.05, 0.1) is 25.8 Å². The highest BCUT2D eigenvalue weighted by Crippen LogP contribution is 2.38. The Labute approximate surface area is 144 Å². The maximum atomic E-state index is 13.7. The van der Waals surface area contributed by atoms with E-state index >= 15 is 0 Å². The first-order valence-electron chi connectivity index (χ1n) is 6.94. The lowest BCUT2D eigenvalue weighted by Crippen LogP contribution is -2.45. The Hall–Kier alpha value is -0.750. The molecule has 7 heteroatoms. The van der Waals surface area contributed by atoms with Crippen LogP contribution in [0.5, 0.6) is 11.5 Å². The molecule has 0 radical (unpaired) electrons. The molecule has 0 bridgehead atoms. The van der Waals surface area contributed by atoms with E-state index in [4.69, 9.17) is 9.47 Å². The number of hydrogen-bond acceptors (Lipinski definition) is 4. The Bertz CT molecular complexity index is 432. The van der Waals surface area contributed by atoms with E-state index in [-0.39, 0.29) is 30.9 Å². The van der Waals surface area contributed by atoms with E-state index in [9.17, 15) is 4.39 Å². The van der Waals surface area contributed by atoms with E-state index in [0.29, 0.717) is 11.5 Å². The summed E-state index contributed by atoms with van der Waals surface area (Å²) in [6.45, 7) is 4.95. The Balaban J connectivity index is 0.00000220. The Kier molecular flexibility index (Phi) is 9.76. The van der Waals surface area contributed by atoms with E-state index in [1.807, 2.05) is 19.1 Å². The molecule has 0 spiro atoms. The molecule has 22 heavy (non-hydrogen) atoms. The highest BCUT2D eigenvalue weighted by molar-refractivity contribution is 5.85. The van der Waals surface area contributed by atoms with Crippen LogP contribution in [0.4, 0.5) is 4.39 Å². The van der Waals surface area contributed by atoms with E-state index < -0.39 is 6.67 Å². The predicted molar refractivity (Wildman–Crippen MR) is 91.9 cm³/mol. The third-order valence-electron chi connectivity index (χ3n) is 3.76. The second-order valence-electron chi connectivity index (χ2n) is 5.04. The minimum Gasteiger partial charge on any atom is -0.496 e. The van der Waals surface area contributed by atoms with Gasteiger partial charge in [-0.25, -0.2) is 4.39 Å². The molecule has 1 aromatic carbocycles. The minimum atomic E-state index is -0.449. The largest absolute Gasteiger partial charge is 0.496 e. The van der Waals surface area contributed by atoms with Crippen LogP contribution in [0.2, 0.25) is 0 Å². The summed E-state index contributed by atoms with van der Waals surface area (Å²) in [7, 11) is 3.23. The molecular formula is C15H25Cl2FN2O2. The highest BCUT2D eigenvalue weighted by atomic mass is 35.5. The van der Waals surface area contributed by atoms with Crippen molar-refractivity contribution in [3.05, 3.63) is 23.3 Å². The normalized spacial score (nSPS) is 16.2. The lowest BCUT2D eigenvalue weighted by atomic mass is 10.0. The maximum absolute atomic E-state index is 13.7. The Morgan fingerprint density at radius 2 is 1.64 bits per heavy atom. The Morgan fingerprint density at radius 1 is 1.14 bits per heavy atom. The lowest BCUT2D eigenvalue weighted by molar-refractivity contribution is 0.142. The third-order valence-corrected chi connectivity index (χ3v) is 3.76. The van der Waals surface area contributed by atoms with Crippen LogP contribution >= 0.6 is 24.8 Å². The van der Waals surface area contributed by atoms with Crippen molar-refractivity contribution in [3.63, 3.8) is 0 Å². The molecule has 1 aliphatic heterocycles. The summed E-state index contributed by atoms with van der Waals surface area (Å²) >= 11 is 0. The van der Waals surface area contributed by atoms with Gasteiger partial charge in [-0.05, 0) is 24.6 Å². The van der Waals surface area contributed by atoms with E-state index in [0.717, 1.165) is 37.3 Å². The second-order valence-corrected chi connectivity index (χ2v) is 5.04. The number of alkyl halides is 1. The standard InChI is InChI=1S/C15H23FN2O2.2ClH/c1-11-8-13(19-2)15(14(9-11)20-3)12(10-16)18-6-4-17-5-7-18;;/h8-9,12,17H,4-7,10H2,1-3H3;2*1H/t12-;;/m0../s1. The fourth-order valence-corrected chi connectivity index (χ4v) is 2.75. The topological polar surface area (TPSA) is 33.7 Å². The van der Waals surface area contributed by atoms with Crippen molar-refractivity contribution < 1.29 is 13.9 Å². The summed E-state index contributed by atoms with van der Waals surface area (Å²) in [4.78, 5) is 2.15. The second kappa shape index (κ2) is 10.1. The molecule has 1 fully saturated rings. The number of halogens is 3. The number of nitrogens with zero attached hydrogens (tertiary/aromatic N) is 1. The van der Waals surface area contributed by atoms with Crippen LogP contribution in [0, 0.1) is 6.92 Å². The summed E-state index contributed by atoms with van der Waals surface area (Å²) < 4.78 is 24.6. The van der Waals surface area contributed by atoms with Crippen molar-refractivity contribution in [1.82, 2.24) is 10.2 Å². The molecule has 1 aromatic rings. The molecule has 0 unspecified atom stereocenters. The molecular weight excluding hydrogens is 330 g/mol. The predicted octanol–water partition coefficient (Wildman–Crippen LogP) is 2.77. The highest BCUT2D eigenvalue weighted by Gasteiger charge is 2.28. The first kappa shape index (κ1) is 21.2. The van der Waals surface area contributed by atoms with Crippen molar-refractivity contribution in [1.29, 1.82) is 0 Å². The summed E-state index contributed by atoms with van der Waals surface area (Å²) in [6.07, 6.45) is 0. The summed E-state index contributed by atoms with van der Waals surface area (Å²) in [5.74, 6) is 1.39. The van der Waals surface area contributed by atoms with Gasteiger partial charge in [0.25, 0.3) is 0 Å². The maximum Gasteiger partial charge on any atom is 0.127 e. The zero-order valence-corrected chi connectivity index (χ0v) is 14.9. The first-order chi connectivity index (χ1) is 9.71. The van der Waals surface area contributed by atoms with Crippen LogP contribution in [-0.2, 0) is 0 Å². The number of methoxy groups -OCH3 is 2. The number of hydrogen-bond donors (Lipinski definition) is 1. The van der Waals surface area contributed by atoms with E-state index in [2.05, 4.69) is 10.2 Å². The lowest BCUT2D eigenvalue weighted by Gasteiger charge is -2.34. The van der Waals surface area contributed by atoms with Crippen LogP contribution in [0.25, 0.3) is 0 Å². The molecule has 0 aliphatic carbocycles. The van der Waals surface area contributed by atoms with Gasteiger partial charge < -0.3 is 14.8 Å². The molecule has 1 atom stereocenters. The smallest absolute Gasteiger partial charge is 0.127 e. The van der Waals surface area contributed by atoms with Gasteiger partial charge in [0.15, 0.2) is 0 Å². The quantitative estimate of drug-likeness (QED) is 0.881. The molecule has 1 heterocycles. The number of nitrogens with one attached hydrogen (secondary N) is 1. The van der Waals surface area contributed by atoms with Gasteiger partial charge in [0, 0.05) is 26.2 Å². The fourth-order valence-electron chi connectivity index (χ4n) is 2.75. The van der Waals surface area contributed by atoms with Crippen molar-refractivity contribution in [3.8, 4) is 11.5 Å². The van der Waals surface area contributed by atoms with Gasteiger partial charge in [0.1, 0.15) is 18.2 Å². The summed E-state index contributed by atoms with van der Waals surface area (Å²) in [5.41, 5.74) is 1.85. The van der Waals surface area contributed by atoms with Gasteiger partial charge in [-0.3, -0.25) is 4.90 Å². The first-order valence-corrected chi connectivity index (χ1v) is 6.94. The fraction of sp³-hybridized carbons (Fsp3) is 0.600. The van der Waals surface area contributed by atoms with Gasteiger partial charge in [0.2, 0.25) is 0 Å². The third kappa shape index (κ3) is 4.62. The number of piperazine rings is 1. The number of aryl methyl sites for hydroxylation is 1. The molecule has 128 valence electrons. The van der Waals surface area contributed by atoms with Gasteiger partial charge in [-0.2, -0.15) is 0 Å². The monoisotopic (exact) mass is 354 g/mol. The van der Waals surface area contributed by atoms with Crippen LogP contribution in [-0.4, -0.2) is 52.0 Å². The van der Waals surface area contributed by atoms with Crippen molar-refractivity contribution >= 4 is 24.8 Å². The van der Waals surface area contributed by atoms with Gasteiger partial charge in [-0.1, -0.05) is 0 Å². The van der Waals surface area contributed by atoms with Crippen LogP contribution < -0.4 is 14.8 Å². The number of benzene rings is 1. The minimum absolute atomic E-state index is 0. The van der Waals surface area contributed by atoms with Crippen molar-refractivity contribution in [2.75, 3.05) is 47.1 Å². The average molecular weight is 355 g/mol. The van der Waals surface area contributed by atoms with Crippen molar-refractivity contribution in [2.45, 2.75) is 13.0 Å². The molecule has 2 rings (SSSR count). The molecule has 1 saturated heterocycles. The average Bonchev–Trinajstić information content (AvgIpc) is 2.49. The van der Waals surface area contributed by atoms with Crippen LogP contribution in [0.15, 0.2) is 12.1 Å². The summed E-state index contributed by atoms with van der Waals surface area (Å²) in [5, 5.41) is 3.28. The van der Waals surface area contributed by atoms with Crippen molar-refractivity contribution in [2.24, 2.45) is 0 Å². The van der Waals surface area contributed by atoms with Crippen LogP contribution in [0.1, 0.15) is 17.2 Å². The summed E-state index contributed by atoms with van der Waals surface area (Å²) in [6, 6.07) is 3.55. The van der Waals surface area contributed by atoms with E-state index in [1.165, 1.54) is 0 Å². The van der Waals surface area contributed by atoms with Gasteiger partial charge in [-0.15, -0.1) is 24.8 Å².